The van der Waals surface area contributed by atoms with Crippen molar-refractivity contribution >= 4 is 11.9 Å². The molecule has 2 aromatic carbocycles. The Morgan fingerprint density at radius 3 is 1.57 bits per heavy atom. The van der Waals surface area contributed by atoms with E-state index in [0.717, 1.165) is 24.3 Å². The topological polar surface area (TPSA) is 71.1 Å². The standard InChI is InChI=1S/C28H28F6O6/c1-37-25(27(29,30)31,19-13-7-5-8-14-19)23(35)39-21-17-11-3-4-12-18-22(21)40-24(36)26(38-2,28(32,33)34)20-15-9-6-10-16-20/h5-11,13-17,21-22H,3-4,12,18H2,1-2H3/b17-11-/t21-,22+,25?,26?/m0/s1. The maximum atomic E-state index is 14.4. The minimum atomic E-state index is -5.29. The highest BCUT2D eigenvalue weighted by Gasteiger charge is 2.66. The van der Waals surface area contributed by atoms with Gasteiger partial charge >= 0.3 is 24.3 Å². The molecule has 0 fully saturated rings. The molecule has 218 valence electrons. The molecule has 1 aliphatic carbocycles. The number of esters is 2. The summed E-state index contributed by atoms with van der Waals surface area (Å²) < 4.78 is 106. The summed E-state index contributed by atoms with van der Waals surface area (Å²) in [5.41, 5.74) is -8.23. The monoisotopic (exact) mass is 574 g/mol. The number of halogens is 6. The van der Waals surface area contributed by atoms with Crippen molar-refractivity contribution in [3.8, 4) is 0 Å². The Labute approximate surface area is 226 Å². The van der Waals surface area contributed by atoms with E-state index in [1.54, 1.807) is 0 Å². The first-order valence-electron chi connectivity index (χ1n) is 12.3. The summed E-state index contributed by atoms with van der Waals surface area (Å²) in [6, 6.07) is 12.1. The highest BCUT2D eigenvalue weighted by atomic mass is 19.4. The maximum Gasteiger partial charge on any atom is 0.432 e. The van der Waals surface area contributed by atoms with Gasteiger partial charge in [0, 0.05) is 25.3 Å². The van der Waals surface area contributed by atoms with Gasteiger partial charge in [-0.15, -0.1) is 0 Å². The lowest BCUT2D eigenvalue weighted by Crippen LogP contribution is -2.55. The molecule has 0 N–H and O–H groups in total. The van der Waals surface area contributed by atoms with Crippen molar-refractivity contribution in [3.63, 3.8) is 0 Å². The van der Waals surface area contributed by atoms with E-state index in [1.807, 2.05) is 0 Å². The third kappa shape index (κ3) is 5.87. The number of carbonyl (C=O) groups excluding carboxylic acids is 2. The number of methoxy groups -OCH3 is 2. The largest absolute Gasteiger partial charge is 0.455 e. The Kier molecular flexibility index (Phi) is 9.68. The number of hydrogen-bond donors (Lipinski definition) is 0. The molecule has 0 amide bonds. The molecule has 0 bridgehead atoms. The van der Waals surface area contributed by atoms with Crippen LogP contribution in [0.3, 0.4) is 0 Å². The van der Waals surface area contributed by atoms with Crippen LogP contribution < -0.4 is 0 Å². The van der Waals surface area contributed by atoms with Crippen molar-refractivity contribution < 1.29 is 54.9 Å². The molecule has 0 heterocycles. The van der Waals surface area contributed by atoms with E-state index in [9.17, 15) is 35.9 Å². The summed E-state index contributed by atoms with van der Waals surface area (Å²) in [5.74, 6) is -3.73. The van der Waals surface area contributed by atoms with E-state index >= 15 is 0 Å². The van der Waals surface area contributed by atoms with Crippen LogP contribution in [0.4, 0.5) is 26.3 Å². The number of allylic oxidation sites excluding steroid dienone is 1. The zero-order valence-corrected chi connectivity index (χ0v) is 21.6. The van der Waals surface area contributed by atoms with Gasteiger partial charge in [-0.3, -0.25) is 0 Å². The highest BCUT2D eigenvalue weighted by molar-refractivity contribution is 5.84. The van der Waals surface area contributed by atoms with Crippen molar-refractivity contribution in [2.75, 3.05) is 14.2 Å². The fourth-order valence-electron chi connectivity index (χ4n) is 4.57. The second-order valence-electron chi connectivity index (χ2n) is 9.02. The molecule has 0 saturated carbocycles. The average molecular weight is 575 g/mol. The smallest absolute Gasteiger partial charge is 0.432 e. The van der Waals surface area contributed by atoms with Crippen LogP contribution >= 0.6 is 0 Å². The molecule has 0 saturated heterocycles. The number of alkyl halides is 6. The van der Waals surface area contributed by atoms with Crippen LogP contribution in [0.5, 0.6) is 0 Å². The van der Waals surface area contributed by atoms with Crippen molar-refractivity contribution in [2.24, 2.45) is 0 Å². The number of benzene rings is 2. The van der Waals surface area contributed by atoms with Crippen molar-refractivity contribution in [2.45, 2.75) is 61.4 Å². The fraction of sp³-hybridized carbons (Fsp3) is 0.429. The number of carbonyl (C=O) groups is 2. The third-order valence-electron chi connectivity index (χ3n) is 6.65. The zero-order valence-electron chi connectivity index (χ0n) is 21.6. The first kappa shape index (κ1) is 31.2. The third-order valence-corrected chi connectivity index (χ3v) is 6.65. The fourth-order valence-corrected chi connectivity index (χ4v) is 4.57. The molecule has 12 heteroatoms. The first-order valence-corrected chi connectivity index (χ1v) is 12.3. The van der Waals surface area contributed by atoms with Crippen LogP contribution in [0.25, 0.3) is 0 Å². The number of ether oxygens (including phenoxy) is 4. The van der Waals surface area contributed by atoms with E-state index in [-0.39, 0.29) is 6.42 Å². The van der Waals surface area contributed by atoms with Crippen LogP contribution in [-0.4, -0.2) is 50.7 Å². The molecule has 0 aliphatic heterocycles. The molecule has 2 unspecified atom stereocenters. The molecular weight excluding hydrogens is 546 g/mol. The van der Waals surface area contributed by atoms with E-state index in [4.69, 9.17) is 18.9 Å². The minimum absolute atomic E-state index is 0.0994. The van der Waals surface area contributed by atoms with E-state index in [1.165, 1.54) is 48.6 Å². The van der Waals surface area contributed by atoms with Gasteiger partial charge in [0.15, 0.2) is 6.10 Å². The Balaban J connectivity index is 2.01. The van der Waals surface area contributed by atoms with Crippen molar-refractivity contribution in [1.82, 2.24) is 0 Å². The second-order valence-corrected chi connectivity index (χ2v) is 9.02. The Morgan fingerprint density at radius 1 is 0.700 bits per heavy atom. The van der Waals surface area contributed by atoms with Gasteiger partial charge in [-0.05, 0) is 31.8 Å². The lowest BCUT2D eigenvalue weighted by atomic mass is 9.91. The molecule has 0 aromatic heterocycles. The summed E-state index contributed by atoms with van der Waals surface area (Å²) >= 11 is 0. The van der Waals surface area contributed by atoms with Crippen LogP contribution in [0, 0.1) is 0 Å². The molecule has 3 rings (SSSR count). The predicted octanol–water partition coefficient (Wildman–Crippen LogP) is 6.15. The Hall–Kier alpha value is -3.38. The van der Waals surface area contributed by atoms with Crippen molar-refractivity contribution in [3.05, 3.63) is 83.9 Å². The van der Waals surface area contributed by atoms with Gasteiger partial charge in [0.2, 0.25) is 0 Å². The lowest BCUT2D eigenvalue weighted by molar-refractivity contribution is -0.284. The van der Waals surface area contributed by atoms with E-state index in [0.29, 0.717) is 33.5 Å². The highest BCUT2D eigenvalue weighted by Crippen LogP contribution is 2.45. The van der Waals surface area contributed by atoms with Crippen LogP contribution in [-0.2, 0) is 39.7 Å². The lowest BCUT2D eigenvalue weighted by Gasteiger charge is -2.37. The van der Waals surface area contributed by atoms with Gasteiger partial charge in [0.05, 0.1) is 0 Å². The SMILES string of the molecule is COC(C(=O)O[C@H]1/C=C\CCCC[C@H]1OC(=O)C(OC)(c1ccccc1)C(F)(F)F)(c1ccccc1)C(F)(F)F. The van der Waals surface area contributed by atoms with Crippen LogP contribution in [0.15, 0.2) is 72.8 Å². The molecule has 0 spiro atoms. The molecule has 2 aromatic rings. The quantitative estimate of drug-likeness (QED) is 0.214. The Bertz CT molecular complexity index is 1170. The van der Waals surface area contributed by atoms with Gasteiger partial charge < -0.3 is 18.9 Å². The predicted molar refractivity (Wildman–Crippen MR) is 130 cm³/mol. The van der Waals surface area contributed by atoms with Crippen molar-refractivity contribution in [1.29, 1.82) is 0 Å². The number of rotatable bonds is 8. The summed E-state index contributed by atoms with van der Waals surface area (Å²) in [4.78, 5) is 26.5. The van der Waals surface area contributed by atoms with Gasteiger partial charge in [0.25, 0.3) is 11.2 Å². The number of hydrogen-bond acceptors (Lipinski definition) is 6. The van der Waals surface area contributed by atoms with Crippen LogP contribution in [0.2, 0.25) is 0 Å². The van der Waals surface area contributed by atoms with Gasteiger partial charge in [0.1, 0.15) is 6.10 Å². The van der Waals surface area contributed by atoms with E-state index in [2.05, 4.69) is 0 Å². The molecular formula is C28H28F6O6. The second kappa shape index (κ2) is 12.4. The minimum Gasteiger partial charge on any atom is -0.455 e. The molecule has 40 heavy (non-hydrogen) atoms. The molecule has 1 aliphatic rings. The Morgan fingerprint density at radius 2 is 1.15 bits per heavy atom. The molecule has 0 radical (unpaired) electrons. The maximum absolute atomic E-state index is 14.4. The molecule has 6 nitrogen and oxygen atoms in total. The average Bonchev–Trinajstić information content (AvgIpc) is 2.89. The first-order chi connectivity index (χ1) is 18.8. The summed E-state index contributed by atoms with van der Waals surface area (Å²) in [6.07, 6.45) is -9.87. The van der Waals surface area contributed by atoms with Gasteiger partial charge in [-0.2, -0.15) is 26.3 Å². The summed E-state index contributed by atoms with van der Waals surface area (Å²) in [7, 11) is 1.37. The van der Waals surface area contributed by atoms with Gasteiger partial charge in [-0.1, -0.05) is 66.7 Å². The normalized spacial score (nSPS) is 22.1. The van der Waals surface area contributed by atoms with Gasteiger partial charge in [-0.25, -0.2) is 9.59 Å². The summed E-state index contributed by atoms with van der Waals surface area (Å²) in [6.45, 7) is 0. The molecule has 4 atom stereocenters. The zero-order chi connectivity index (χ0) is 29.6. The summed E-state index contributed by atoms with van der Waals surface area (Å²) in [5, 5.41) is 0. The van der Waals surface area contributed by atoms with E-state index < -0.39 is 58.8 Å². The van der Waals surface area contributed by atoms with Crippen LogP contribution in [0.1, 0.15) is 36.8 Å².